The lowest BCUT2D eigenvalue weighted by Gasteiger charge is -2.32. The molecule has 0 fully saturated rings. The first-order chi connectivity index (χ1) is 16.3. The summed E-state index contributed by atoms with van der Waals surface area (Å²) in [6, 6.07) is 8.10. The molecule has 0 spiro atoms. The number of amides is 2. The van der Waals surface area contributed by atoms with E-state index in [1.54, 1.807) is 25.1 Å². The molecule has 2 rings (SSSR count). The van der Waals surface area contributed by atoms with Crippen LogP contribution in [0.2, 0.25) is 20.1 Å². The predicted octanol–water partition coefficient (Wildman–Crippen LogP) is 5.40. The molecule has 0 radical (unpaired) electrons. The lowest BCUT2D eigenvalue weighted by molar-refractivity contribution is -0.139. The number of hydrogen-bond acceptors (Lipinski definition) is 4. The molecule has 0 bridgehead atoms. The third-order valence-corrected chi connectivity index (χ3v) is 7.80. The molecular weight excluding hydrogens is 556 g/mol. The van der Waals surface area contributed by atoms with E-state index in [1.807, 2.05) is 13.8 Å². The molecule has 0 aliphatic heterocycles. The van der Waals surface area contributed by atoms with Crippen LogP contribution in [0.5, 0.6) is 0 Å². The fraction of sp³-hybridized carbons (Fsp3) is 0.391. The van der Waals surface area contributed by atoms with Crippen molar-refractivity contribution >= 4 is 73.9 Å². The summed E-state index contributed by atoms with van der Waals surface area (Å²) in [5, 5.41) is 3.79. The standard InChI is InChI=1S/C23H27Cl4N3O4S/c1-5-14(2)28-23(32)15(3)29(12-17-18(25)7-6-8-19(17)26)22(31)13-30(35(4,33)34)21-11-16(24)9-10-20(21)27/h6-11,14-15H,5,12-13H2,1-4H3,(H,28,32)/t14-,15+/m1/s1. The van der Waals surface area contributed by atoms with Crippen molar-refractivity contribution < 1.29 is 18.0 Å². The molecule has 2 aromatic rings. The molecule has 0 aliphatic rings. The van der Waals surface area contributed by atoms with Crippen molar-refractivity contribution in [2.24, 2.45) is 0 Å². The number of nitrogens with zero attached hydrogens (tertiary/aromatic N) is 2. The van der Waals surface area contributed by atoms with Gasteiger partial charge in [0.1, 0.15) is 12.6 Å². The van der Waals surface area contributed by atoms with Crippen molar-refractivity contribution in [3.8, 4) is 0 Å². The number of anilines is 1. The minimum atomic E-state index is -3.95. The van der Waals surface area contributed by atoms with Gasteiger partial charge >= 0.3 is 0 Å². The second-order valence-corrected chi connectivity index (χ2v) is 11.6. The minimum Gasteiger partial charge on any atom is -0.352 e. The van der Waals surface area contributed by atoms with E-state index in [9.17, 15) is 18.0 Å². The second kappa shape index (κ2) is 12.5. The zero-order valence-electron chi connectivity index (χ0n) is 19.7. The van der Waals surface area contributed by atoms with E-state index in [0.29, 0.717) is 22.0 Å². The summed E-state index contributed by atoms with van der Waals surface area (Å²) in [5.41, 5.74) is 0.474. The summed E-state index contributed by atoms with van der Waals surface area (Å²) in [7, 11) is -3.95. The Morgan fingerprint density at radius 3 is 2.14 bits per heavy atom. The first kappa shape index (κ1) is 29.5. The highest BCUT2D eigenvalue weighted by Crippen LogP contribution is 2.31. The Morgan fingerprint density at radius 2 is 1.60 bits per heavy atom. The maximum absolute atomic E-state index is 13.6. The Kier molecular flexibility index (Phi) is 10.5. The lowest BCUT2D eigenvalue weighted by atomic mass is 10.1. The Labute approximate surface area is 226 Å². The first-order valence-corrected chi connectivity index (χ1v) is 14.1. The number of rotatable bonds is 10. The van der Waals surface area contributed by atoms with Gasteiger partial charge in [0.2, 0.25) is 21.8 Å². The molecule has 7 nitrogen and oxygen atoms in total. The SMILES string of the molecule is CC[C@@H](C)NC(=O)[C@H](C)N(Cc1c(Cl)cccc1Cl)C(=O)CN(c1cc(Cl)ccc1Cl)S(C)(=O)=O. The third kappa shape index (κ3) is 7.89. The van der Waals surface area contributed by atoms with Crippen LogP contribution in [0.3, 0.4) is 0 Å². The number of carbonyl (C=O) groups is 2. The average Bonchev–Trinajstić information content (AvgIpc) is 2.77. The van der Waals surface area contributed by atoms with Crippen molar-refractivity contribution in [3.63, 3.8) is 0 Å². The van der Waals surface area contributed by atoms with Gasteiger partial charge < -0.3 is 10.2 Å². The van der Waals surface area contributed by atoms with Gasteiger partial charge in [-0.2, -0.15) is 0 Å². The number of carbonyl (C=O) groups excluding carboxylic acids is 2. The van der Waals surface area contributed by atoms with Crippen LogP contribution in [0.4, 0.5) is 5.69 Å². The Hall–Kier alpha value is -1.71. The molecule has 0 heterocycles. The second-order valence-electron chi connectivity index (χ2n) is 8.08. The molecule has 0 unspecified atom stereocenters. The molecule has 0 aliphatic carbocycles. The van der Waals surface area contributed by atoms with E-state index in [1.165, 1.54) is 23.1 Å². The number of benzene rings is 2. The van der Waals surface area contributed by atoms with Crippen molar-refractivity contribution in [3.05, 3.63) is 62.1 Å². The molecule has 2 amide bonds. The molecule has 0 saturated heterocycles. The Balaban J connectivity index is 2.49. The van der Waals surface area contributed by atoms with Gasteiger partial charge in [0.05, 0.1) is 17.0 Å². The smallest absolute Gasteiger partial charge is 0.244 e. The van der Waals surface area contributed by atoms with E-state index in [-0.39, 0.29) is 28.3 Å². The molecule has 192 valence electrons. The molecule has 35 heavy (non-hydrogen) atoms. The molecule has 2 atom stereocenters. The van der Waals surface area contributed by atoms with Crippen LogP contribution in [-0.4, -0.2) is 50.0 Å². The molecule has 1 N–H and O–H groups in total. The van der Waals surface area contributed by atoms with E-state index in [0.717, 1.165) is 10.6 Å². The third-order valence-electron chi connectivity index (χ3n) is 5.41. The highest BCUT2D eigenvalue weighted by Gasteiger charge is 2.32. The van der Waals surface area contributed by atoms with E-state index in [2.05, 4.69) is 5.32 Å². The Morgan fingerprint density at radius 1 is 1.00 bits per heavy atom. The fourth-order valence-electron chi connectivity index (χ4n) is 3.17. The number of nitrogens with one attached hydrogen (secondary N) is 1. The Bertz CT molecular complexity index is 1170. The summed E-state index contributed by atoms with van der Waals surface area (Å²) in [6.07, 6.45) is 1.64. The quantitative estimate of drug-likeness (QED) is 0.406. The molecule has 0 aromatic heterocycles. The van der Waals surface area contributed by atoms with E-state index < -0.39 is 34.4 Å². The molecule has 12 heteroatoms. The highest BCUT2D eigenvalue weighted by molar-refractivity contribution is 7.92. The van der Waals surface area contributed by atoms with Gasteiger partial charge in [-0.3, -0.25) is 13.9 Å². The summed E-state index contributed by atoms with van der Waals surface area (Å²) in [6.45, 7) is 4.57. The van der Waals surface area contributed by atoms with Crippen LogP contribution in [-0.2, 0) is 26.2 Å². The van der Waals surface area contributed by atoms with E-state index >= 15 is 0 Å². The monoisotopic (exact) mass is 581 g/mol. The van der Waals surface area contributed by atoms with E-state index in [4.69, 9.17) is 46.4 Å². The van der Waals surface area contributed by atoms with Gasteiger partial charge in [0.15, 0.2) is 0 Å². The minimum absolute atomic E-state index is 0.0439. The molecule has 0 saturated carbocycles. The highest BCUT2D eigenvalue weighted by atomic mass is 35.5. The predicted molar refractivity (Wildman–Crippen MR) is 143 cm³/mol. The van der Waals surface area contributed by atoms with Gasteiger partial charge in [-0.25, -0.2) is 8.42 Å². The van der Waals surface area contributed by atoms with Gasteiger partial charge in [0, 0.05) is 33.2 Å². The zero-order chi connectivity index (χ0) is 26.5. The largest absolute Gasteiger partial charge is 0.352 e. The van der Waals surface area contributed by atoms with Gasteiger partial charge in [-0.1, -0.05) is 59.4 Å². The van der Waals surface area contributed by atoms with Crippen molar-refractivity contribution in [1.82, 2.24) is 10.2 Å². The lowest BCUT2D eigenvalue weighted by Crippen LogP contribution is -2.52. The normalized spacial score (nSPS) is 13.1. The van der Waals surface area contributed by atoms with Crippen molar-refractivity contribution in [2.75, 3.05) is 17.1 Å². The summed E-state index contributed by atoms with van der Waals surface area (Å²) in [4.78, 5) is 27.7. The average molecular weight is 583 g/mol. The van der Waals surface area contributed by atoms with Crippen molar-refractivity contribution in [1.29, 1.82) is 0 Å². The summed E-state index contributed by atoms with van der Waals surface area (Å²) in [5.74, 6) is -1.06. The van der Waals surface area contributed by atoms with Crippen LogP contribution < -0.4 is 9.62 Å². The van der Waals surface area contributed by atoms with Crippen LogP contribution in [0.25, 0.3) is 0 Å². The van der Waals surface area contributed by atoms with Gasteiger partial charge in [0.25, 0.3) is 0 Å². The maximum atomic E-state index is 13.6. The van der Waals surface area contributed by atoms with Crippen LogP contribution in [0, 0.1) is 0 Å². The van der Waals surface area contributed by atoms with Crippen LogP contribution in [0.1, 0.15) is 32.8 Å². The molecular formula is C23H27Cl4N3O4S. The molecule has 2 aromatic carbocycles. The summed E-state index contributed by atoms with van der Waals surface area (Å²) >= 11 is 24.9. The number of sulfonamides is 1. The number of hydrogen-bond donors (Lipinski definition) is 1. The number of halogens is 4. The van der Waals surface area contributed by atoms with Crippen LogP contribution >= 0.6 is 46.4 Å². The first-order valence-electron chi connectivity index (χ1n) is 10.7. The van der Waals surface area contributed by atoms with Gasteiger partial charge in [-0.05, 0) is 50.6 Å². The maximum Gasteiger partial charge on any atom is 0.244 e. The fourth-order valence-corrected chi connectivity index (χ4v) is 4.98. The van der Waals surface area contributed by atoms with Crippen LogP contribution in [0.15, 0.2) is 36.4 Å². The summed E-state index contributed by atoms with van der Waals surface area (Å²) < 4.78 is 26.1. The van der Waals surface area contributed by atoms with Crippen molar-refractivity contribution in [2.45, 2.75) is 45.8 Å². The van der Waals surface area contributed by atoms with Gasteiger partial charge in [-0.15, -0.1) is 0 Å². The topological polar surface area (TPSA) is 86.8 Å². The zero-order valence-corrected chi connectivity index (χ0v) is 23.5.